The second kappa shape index (κ2) is 5.49. The maximum absolute atomic E-state index is 9.30. The standard InChI is InChI=1S/C11H15BrO2/c1-8(5-11(14)7-13)9-3-2-4-10(12)6-9/h2-4,6,8,11,13-14H,5,7H2,1H3. The molecule has 1 rings (SSSR count). The molecule has 14 heavy (non-hydrogen) atoms. The second-order valence-corrected chi connectivity index (χ2v) is 4.44. The highest BCUT2D eigenvalue weighted by molar-refractivity contribution is 9.10. The Hall–Kier alpha value is -0.380. The maximum Gasteiger partial charge on any atom is 0.0776 e. The van der Waals surface area contributed by atoms with Gasteiger partial charge < -0.3 is 10.2 Å². The smallest absolute Gasteiger partial charge is 0.0776 e. The van der Waals surface area contributed by atoms with Gasteiger partial charge >= 0.3 is 0 Å². The van der Waals surface area contributed by atoms with Crippen LogP contribution in [0.5, 0.6) is 0 Å². The lowest BCUT2D eigenvalue weighted by Crippen LogP contribution is -2.14. The van der Waals surface area contributed by atoms with Crippen molar-refractivity contribution in [3.63, 3.8) is 0 Å². The topological polar surface area (TPSA) is 40.5 Å². The zero-order chi connectivity index (χ0) is 10.6. The number of benzene rings is 1. The first-order valence-electron chi connectivity index (χ1n) is 4.68. The molecule has 2 unspecified atom stereocenters. The van der Waals surface area contributed by atoms with Gasteiger partial charge in [0.15, 0.2) is 0 Å². The van der Waals surface area contributed by atoms with Crippen molar-refractivity contribution >= 4 is 15.9 Å². The lowest BCUT2D eigenvalue weighted by atomic mass is 9.95. The van der Waals surface area contributed by atoms with E-state index in [9.17, 15) is 5.11 Å². The Bertz CT molecular complexity index is 288. The average molecular weight is 259 g/mol. The van der Waals surface area contributed by atoms with Crippen molar-refractivity contribution in [1.82, 2.24) is 0 Å². The maximum atomic E-state index is 9.30. The molecule has 0 aliphatic heterocycles. The normalized spacial score (nSPS) is 15.1. The molecule has 2 N–H and O–H groups in total. The molecule has 0 heterocycles. The van der Waals surface area contributed by atoms with E-state index in [0.29, 0.717) is 6.42 Å². The average Bonchev–Trinajstić information content (AvgIpc) is 2.17. The number of aliphatic hydroxyl groups is 2. The van der Waals surface area contributed by atoms with Gasteiger partial charge in [0, 0.05) is 4.47 Å². The van der Waals surface area contributed by atoms with E-state index in [4.69, 9.17) is 5.11 Å². The molecule has 0 aromatic heterocycles. The molecule has 0 bridgehead atoms. The van der Waals surface area contributed by atoms with E-state index in [0.717, 1.165) is 4.47 Å². The van der Waals surface area contributed by atoms with Gasteiger partial charge in [-0.1, -0.05) is 35.0 Å². The highest BCUT2D eigenvalue weighted by Gasteiger charge is 2.11. The summed E-state index contributed by atoms with van der Waals surface area (Å²) >= 11 is 3.40. The number of halogens is 1. The molecular formula is C11H15BrO2. The number of rotatable bonds is 4. The Balaban J connectivity index is 2.64. The molecule has 0 radical (unpaired) electrons. The van der Waals surface area contributed by atoms with E-state index in [2.05, 4.69) is 15.9 Å². The summed E-state index contributed by atoms with van der Waals surface area (Å²) in [4.78, 5) is 0. The van der Waals surface area contributed by atoms with Gasteiger partial charge in [0.25, 0.3) is 0 Å². The summed E-state index contributed by atoms with van der Waals surface area (Å²) in [6.07, 6.45) is -0.0311. The molecule has 78 valence electrons. The molecule has 0 spiro atoms. The van der Waals surface area contributed by atoms with E-state index in [1.54, 1.807) is 0 Å². The van der Waals surface area contributed by atoms with E-state index in [1.165, 1.54) is 5.56 Å². The molecule has 1 aromatic rings. The van der Waals surface area contributed by atoms with Gasteiger partial charge in [-0.2, -0.15) is 0 Å². The second-order valence-electron chi connectivity index (χ2n) is 3.53. The fraction of sp³-hybridized carbons (Fsp3) is 0.455. The molecular weight excluding hydrogens is 244 g/mol. The van der Waals surface area contributed by atoms with Gasteiger partial charge in [0.1, 0.15) is 0 Å². The summed E-state index contributed by atoms with van der Waals surface area (Å²) in [6, 6.07) is 8.01. The van der Waals surface area contributed by atoms with Crippen LogP contribution >= 0.6 is 15.9 Å². The van der Waals surface area contributed by atoms with E-state index in [1.807, 2.05) is 31.2 Å². The third-order valence-corrected chi connectivity index (χ3v) is 2.75. The third kappa shape index (κ3) is 3.40. The summed E-state index contributed by atoms with van der Waals surface area (Å²) in [7, 11) is 0. The van der Waals surface area contributed by atoms with Crippen LogP contribution in [0.1, 0.15) is 24.8 Å². The largest absolute Gasteiger partial charge is 0.394 e. The molecule has 2 nitrogen and oxygen atoms in total. The van der Waals surface area contributed by atoms with Crippen LogP contribution in [0, 0.1) is 0 Å². The van der Waals surface area contributed by atoms with Gasteiger partial charge in [-0.05, 0) is 30.0 Å². The first-order valence-corrected chi connectivity index (χ1v) is 5.47. The molecule has 1 aromatic carbocycles. The van der Waals surface area contributed by atoms with Crippen LogP contribution in [0.2, 0.25) is 0 Å². The summed E-state index contributed by atoms with van der Waals surface area (Å²) in [5, 5.41) is 18.0. The van der Waals surface area contributed by atoms with Crippen molar-refractivity contribution in [2.24, 2.45) is 0 Å². The summed E-state index contributed by atoms with van der Waals surface area (Å²) < 4.78 is 1.04. The minimum absolute atomic E-state index is 0.168. The van der Waals surface area contributed by atoms with Crippen molar-refractivity contribution in [3.05, 3.63) is 34.3 Å². The Kier molecular flexibility index (Phi) is 4.58. The highest BCUT2D eigenvalue weighted by Crippen LogP contribution is 2.23. The number of hydrogen-bond acceptors (Lipinski definition) is 2. The van der Waals surface area contributed by atoms with Crippen molar-refractivity contribution in [2.45, 2.75) is 25.4 Å². The zero-order valence-electron chi connectivity index (χ0n) is 8.15. The van der Waals surface area contributed by atoms with Crippen LogP contribution in [-0.4, -0.2) is 22.9 Å². The van der Waals surface area contributed by atoms with Crippen LogP contribution in [0.4, 0.5) is 0 Å². The Morgan fingerprint density at radius 3 is 2.71 bits per heavy atom. The zero-order valence-corrected chi connectivity index (χ0v) is 9.74. The summed E-state index contributed by atoms with van der Waals surface area (Å²) in [5.74, 6) is 0.259. The van der Waals surface area contributed by atoms with E-state index in [-0.39, 0.29) is 12.5 Å². The predicted octanol–water partition coefficient (Wildman–Crippen LogP) is 2.30. The van der Waals surface area contributed by atoms with E-state index >= 15 is 0 Å². The fourth-order valence-electron chi connectivity index (χ4n) is 1.43. The molecule has 0 saturated heterocycles. The summed E-state index contributed by atoms with van der Waals surface area (Å²) in [6.45, 7) is 1.87. The lowest BCUT2D eigenvalue weighted by molar-refractivity contribution is 0.0835. The van der Waals surface area contributed by atoms with Crippen molar-refractivity contribution < 1.29 is 10.2 Å². The monoisotopic (exact) mass is 258 g/mol. The third-order valence-electron chi connectivity index (χ3n) is 2.25. The van der Waals surface area contributed by atoms with Gasteiger partial charge in [0.2, 0.25) is 0 Å². The molecule has 0 amide bonds. The highest BCUT2D eigenvalue weighted by atomic mass is 79.9. The van der Waals surface area contributed by atoms with Crippen LogP contribution < -0.4 is 0 Å². The van der Waals surface area contributed by atoms with Gasteiger partial charge in [-0.3, -0.25) is 0 Å². The molecule has 0 fully saturated rings. The van der Waals surface area contributed by atoms with Crippen LogP contribution in [0.15, 0.2) is 28.7 Å². The Morgan fingerprint density at radius 2 is 2.14 bits per heavy atom. The minimum Gasteiger partial charge on any atom is -0.394 e. The quantitative estimate of drug-likeness (QED) is 0.871. The first-order chi connectivity index (χ1) is 6.63. The van der Waals surface area contributed by atoms with Crippen molar-refractivity contribution in [3.8, 4) is 0 Å². The number of hydrogen-bond donors (Lipinski definition) is 2. The molecule has 2 atom stereocenters. The number of aliphatic hydroxyl groups excluding tert-OH is 2. The Labute approximate surface area is 92.7 Å². The van der Waals surface area contributed by atoms with Crippen LogP contribution in [-0.2, 0) is 0 Å². The molecule has 0 saturated carbocycles. The SMILES string of the molecule is CC(CC(O)CO)c1cccc(Br)c1. The van der Waals surface area contributed by atoms with Crippen molar-refractivity contribution in [1.29, 1.82) is 0 Å². The molecule has 3 heteroatoms. The van der Waals surface area contributed by atoms with Crippen molar-refractivity contribution in [2.75, 3.05) is 6.61 Å². The minimum atomic E-state index is -0.621. The van der Waals surface area contributed by atoms with Gasteiger partial charge in [0.05, 0.1) is 12.7 Å². The summed E-state index contributed by atoms with van der Waals surface area (Å²) in [5.41, 5.74) is 1.17. The van der Waals surface area contributed by atoms with E-state index < -0.39 is 6.10 Å². The fourth-order valence-corrected chi connectivity index (χ4v) is 1.85. The lowest BCUT2D eigenvalue weighted by Gasteiger charge is -2.15. The van der Waals surface area contributed by atoms with Crippen LogP contribution in [0.25, 0.3) is 0 Å². The van der Waals surface area contributed by atoms with Crippen LogP contribution in [0.3, 0.4) is 0 Å². The predicted molar refractivity (Wildman–Crippen MR) is 60.3 cm³/mol. The Morgan fingerprint density at radius 1 is 1.43 bits per heavy atom. The molecule has 0 aliphatic rings. The molecule has 0 aliphatic carbocycles. The van der Waals surface area contributed by atoms with Gasteiger partial charge in [-0.15, -0.1) is 0 Å². The first kappa shape index (κ1) is 11.7. The van der Waals surface area contributed by atoms with Gasteiger partial charge in [-0.25, -0.2) is 0 Å².